The van der Waals surface area contributed by atoms with Gasteiger partial charge in [0.1, 0.15) is 16.5 Å². The third kappa shape index (κ3) is 4.42. The lowest BCUT2D eigenvalue weighted by molar-refractivity contribution is -0.122. The number of ether oxygens (including phenoxy) is 2. The maximum Gasteiger partial charge on any atom is 0.266 e. The summed E-state index contributed by atoms with van der Waals surface area (Å²) in [6.07, 6.45) is 1.23. The average Bonchev–Trinajstić information content (AvgIpc) is 2.95. The third-order valence-corrected chi connectivity index (χ3v) is 3.80. The van der Waals surface area contributed by atoms with Crippen LogP contribution in [0.4, 0.5) is 5.13 Å². The Kier molecular flexibility index (Phi) is 5.71. The van der Waals surface area contributed by atoms with Crippen molar-refractivity contribution in [2.75, 3.05) is 12.4 Å². The maximum atomic E-state index is 12.1. The molecule has 0 saturated carbocycles. The van der Waals surface area contributed by atoms with E-state index in [9.17, 15) is 4.79 Å². The van der Waals surface area contributed by atoms with Gasteiger partial charge in [-0.05, 0) is 37.6 Å². The number of nitrogens with zero attached hydrogens (tertiary/aromatic N) is 2. The standard InChI is InChI=1S/C15H19N3O3S/c1-4-5-13-17-18-15(22-13)16-14(19)10(2)21-12-8-6-11(20-3)7-9-12/h6-10H,4-5H2,1-3H3,(H,16,18,19). The quantitative estimate of drug-likeness (QED) is 0.849. The van der Waals surface area contributed by atoms with Crippen LogP contribution in [0.2, 0.25) is 0 Å². The molecule has 0 aliphatic heterocycles. The van der Waals surface area contributed by atoms with Crippen LogP contribution >= 0.6 is 11.3 Å². The SMILES string of the molecule is CCCc1nnc(NC(=O)C(C)Oc2ccc(OC)cc2)s1. The number of amides is 1. The summed E-state index contributed by atoms with van der Waals surface area (Å²) in [6.45, 7) is 3.76. The molecule has 118 valence electrons. The van der Waals surface area contributed by atoms with Crippen LogP contribution in [0.25, 0.3) is 0 Å². The van der Waals surface area contributed by atoms with Crippen molar-refractivity contribution in [2.45, 2.75) is 32.8 Å². The molecule has 0 aliphatic carbocycles. The molecule has 1 aromatic heterocycles. The summed E-state index contributed by atoms with van der Waals surface area (Å²) in [7, 11) is 1.60. The first kappa shape index (κ1) is 16.2. The highest BCUT2D eigenvalue weighted by Gasteiger charge is 2.17. The van der Waals surface area contributed by atoms with E-state index in [4.69, 9.17) is 9.47 Å². The lowest BCUT2D eigenvalue weighted by atomic mass is 10.3. The minimum Gasteiger partial charge on any atom is -0.497 e. The van der Waals surface area contributed by atoms with Gasteiger partial charge in [0.15, 0.2) is 6.10 Å². The van der Waals surface area contributed by atoms with Crippen LogP contribution in [0, 0.1) is 0 Å². The molecule has 0 radical (unpaired) electrons. The number of carbonyl (C=O) groups is 1. The van der Waals surface area contributed by atoms with Gasteiger partial charge in [-0.25, -0.2) is 0 Å². The van der Waals surface area contributed by atoms with Crippen LogP contribution in [-0.4, -0.2) is 29.3 Å². The third-order valence-electron chi connectivity index (χ3n) is 2.90. The Morgan fingerprint density at radius 3 is 2.59 bits per heavy atom. The molecule has 22 heavy (non-hydrogen) atoms. The van der Waals surface area contributed by atoms with Crippen molar-refractivity contribution in [1.82, 2.24) is 10.2 Å². The highest BCUT2D eigenvalue weighted by Crippen LogP contribution is 2.20. The van der Waals surface area contributed by atoms with Gasteiger partial charge in [-0.3, -0.25) is 10.1 Å². The van der Waals surface area contributed by atoms with Crippen LogP contribution < -0.4 is 14.8 Å². The number of methoxy groups -OCH3 is 1. The second-order valence-electron chi connectivity index (χ2n) is 4.68. The van der Waals surface area contributed by atoms with Gasteiger partial charge >= 0.3 is 0 Å². The largest absolute Gasteiger partial charge is 0.497 e. The van der Waals surface area contributed by atoms with E-state index in [0.29, 0.717) is 10.9 Å². The zero-order valence-electron chi connectivity index (χ0n) is 12.8. The summed E-state index contributed by atoms with van der Waals surface area (Å²) >= 11 is 1.39. The lowest BCUT2D eigenvalue weighted by Gasteiger charge is -2.13. The molecule has 2 aromatic rings. The normalized spacial score (nSPS) is 11.8. The molecular formula is C15H19N3O3S. The number of rotatable bonds is 7. The molecule has 6 nitrogen and oxygen atoms in total. The first-order valence-electron chi connectivity index (χ1n) is 7.06. The molecule has 0 bridgehead atoms. The summed E-state index contributed by atoms with van der Waals surface area (Å²) in [5.41, 5.74) is 0. The van der Waals surface area contributed by atoms with E-state index in [2.05, 4.69) is 22.4 Å². The second-order valence-corrected chi connectivity index (χ2v) is 5.74. The lowest BCUT2D eigenvalue weighted by Crippen LogP contribution is -2.30. The van der Waals surface area contributed by atoms with Gasteiger partial charge < -0.3 is 9.47 Å². The van der Waals surface area contributed by atoms with E-state index in [1.807, 2.05) is 0 Å². The molecule has 0 spiro atoms. The highest BCUT2D eigenvalue weighted by molar-refractivity contribution is 7.15. The van der Waals surface area contributed by atoms with E-state index in [-0.39, 0.29) is 5.91 Å². The van der Waals surface area contributed by atoms with Crippen molar-refractivity contribution in [3.63, 3.8) is 0 Å². The van der Waals surface area contributed by atoms with Crippen LogP contribution in [-0.2, 0) is 11.2 Å². The number of carbonyl (C=O) groups excluding carboxylic acids is 1. The van der Waals surface area contributed by atoms with Crippen LogP contribution in [0.5, 0.6) is 11.5 Å². The summed E-state index contributed by atoms with van der Waals surface area (Å²) < 4.78 is 10.7. The fourth-order valence-corrected chi connectivity index (χ4v) is 2.58. The molecular weight excluding hydrogens is 302 g/mol. The fourth-order valence-electron chi connectivity index (χ4n) is 1.74. The Hall–Kier alpha value is -2.15. The molecule has 0 saturated heterocycles. The number of benzene rings is 1. The molecule has 7 heteroatoms. The summed E-state index contributed by atoms with van der Waals surface area (Å²) in [6, 6.07) is 7.07. The van der Waals surface area contributed by atoms with E-state index < -0.39 is 6.10 Å². The van der Waals surface area contributed by atoms with Crippen LogP contribution in [0.15, 0.2) is 24.3 Å². The Bertz CT molecular complexity index is 613. The molecule has 1 amide bonds. The van der Waals surface area contributed by atoms with Gasteiger partial charge in [0.05, 0.1) is 7.11 Å². The number of nitrogens with one attached hydrogen (secondary N) is 1. The minimum atomic E-state index is -0.632. The summed E-state index contributed by atoms with van der Waals surface area (Å²) in [5, 5.41) is 12.1. The van der Waals surface area contributed by atoms with Gasteiger partial charge in [-0.2, -0.15) is 0 Å². The Morgan fingerprint density at radius 1 is 1.27 bits per heavy atom. The smallest absolute Gasteiger partial charge is 0.266 e. The van der Waals surface area contributed by atoms with Crippen LogP contribution in [0.1, 0.15) is 25.3 Å². The average molecular weight is 321 g/mol. The van der Waals surface area contributed by atoms with Gasteiger partial charge in [0, 0.05) is 6.42 Å². The predicted molar refractivity (Wildman–Crippen MR) is 85.6 cm³/mol. The zero-order chi connectivity index (χ0) is 15.9. The van der Waals surface area contributed by atoms with E-state index in [1.54, 1.807) is 38.3 Å². The summed E-state index contributed by atoms with van der Waals surface area (Å²) in [4.78, 5) is 12.1. The van der Waals surface area contributed by atoms with Crippen molar-refractivity contribution in [2.24, 2.45) is 0 Å². The molecule has 1 aromatic carbocycles. The van der Waals surface area contributed by atoms with Gasteiger partial charge in [0.25, 0.3) is 5.91 Å². The van der Waals surface area contributed by atoms with Gasteiger partial charge in [0.2, 0.25) is 5.13 Å². The monoisotopic (exact) mass is 321 g/mol. The maximum absolute atomic E-state index is 12.1. The molecule has 1 atom stereocenters. The number of anilines is 1. The second kappa shape index (κ2) is 7.74. The fraction of sp³-hybridized carbons (Fsp3) is 0.400. The minimum absolute atomic E-state index is 0.255. The van der Waals surface area contributed by atoms with Crippen molar-refractivity contribution < 1.29 is 14.3 Å². The number of aromatic nitrogens is 2. The number of hydrogen-bond donors (Lipinski definition) is 1. The van der Waals surface area contributed by atoms with Crippen molar-refractivity contribution >= 4 is 22.4 Å². The van der Waals surface area contributed by atoms with E-state index in [1.165, 1.54) is 11.3 Å². The predicted octanol–water partition coefficient (Wildman–Crippen LogP) is 2.91. The first-order chi connectivity index (χ1) is 10.6. The molecule has 0 aliphatic rings. The highest BCUT2D eigenvalue weighted by atomic mass is 32.1. The van der Waals surface area contributed by atoms with Crippen LogP contribution in [0.3, 0.4) is 0 Å². The molecule has 1 heterocycles. The molecule has 2 rings (SSSR count). The summed E-state index contributed by atoms with van der Waals surface area (Å²) in [5.74, 6) is 1.09. The topological polar surface area (TPSA) is 73.3 Å². The van der Waals surface area contributed by atoms with E-state index >= 15 is 0 Å². The van der Waals surface area contributed by atoms with Crippen molar-refractivity contribution in [3.8, 4) is 11.5 Å². The molecule has 1 N–H and O–H groups in total. The molecule has 1 unspecified atom stereocenters. The van der Waals surface area contributed by atoms with Crippen molar-refractivity contribution in [1.29, 1.82) is 0 Å². The van der Waals surface area contributed by atoms with Crippen molar-refractivity contribution in [3.05, 3.63) is 29.3 Å². The number of hydrogen-bond acceptors (Lipinski definition) is 6. The number of aryl methyl sites for hydroxylation is 1. The van der Waals surface area contributed by atoms with E-state index in [0.717, 1.165) is 23.6 Å². The zero-order valence-corrected chi connectivity index (χ0v) is 13.6. The Balaban J connectivity index is 1.90. The first-order valence-corrected chi connectivity index (χ1v) is 7.88. The Labute approximate surface area is 133 Å². The molecule has 0 fully saturated rings. The van der Waals surface area contributed by atoms with Gasteiger partial charge in [-0.15, -0.1) is 10.2 Å². The van der Waals surface area contributed by atoms with Gasteiger partial charge in [-0.1, -0.05) is 18.3 Å². The Morgan fingerprint density at radius 2 is 1.95 bits per heavy atom.